The summed E-state index contributed by atoms with van der Waals surface area (Å²) in [5.41, 5.74) is 4.02. The van der Waals surface area contributed by atoms with Gasteiger partial charge in [0.05, 0.1) is 24.9 Å². The second-order valence-corrected chi connectivity index (χ2v) is 6.75. The summed E-state index contributed by atoms with van der Waals surface area (Å²) in [6.45, 7) is 0.690. The zero-order valence-corrected chi connectivity index (χ0v) is 16.6. The number of para-hydroxylation sites is 1. The van der Waals surface area contributed by atoms with E-state index in [0.717, 1.165) is 28.4 Å². The van der Waals surface area contributed by atoms with Gasteiger partial charge in [-0.05, 0) is 60.2 Å². The minimum Gasteiger partial charge on any atom is -0.497 e. The van der Waals surface area contributed by atoms with Crippen molar-refractivity contribution in [1.82, 2.24) is 9.78 Å². The topological polar surface area (TPSA) is 68.2 Å². The fourth-order valence-electron chi connectivity index (χ4n) is 3.09. The van der Waals surface area contributed by atoms with Crippen LogP contribution in [0.25, 0.3) is 0 Å². The molecule has 30 heavy (non-hydrogen) atoms. The van der Waals surface area contributed by atoms with Crippen molar-refractivity contribution in [3.8, 4) is 5.75 Å². The first-order valence-electron chi connectivity index (χ1n) is 9.59. The van der Waals surface area contributed by atoms with Crippen LogP contribution in [0.5, 0.6) is 5.75 Å². The molecule has 0 aliphatic carbocycles. The highest BCUT2D eigenvalue weighted by atomic mass is 16.5. The maximum absolute atomic E-state index is 12.9. The third-order valence-corrected chi connectivity index (χ3v) is 4.66. The van der Waals surface area contributed by atoms with E-state index in [1.807, 2.05) is 83.7 Å². The van der Waals surface area contributed by atoms with Gasteiger partial charge in [0.15, 0.2) is 0 Å². The zero-order valence-electron chi connectivity index (χ0n) is 16.6. The number of carbonyl (C=O) groups excluding carboxylic acids is 1. The van der Waals surface area contributed by atoms with Crippen molar-refractivity contribution in [1.29, 1.82) is 0 Å². The number of rotatable bonds is 7. The molecular weight excluding hydrogens is 376 g/mol. The van der Waals surface area contributed by atoms with E-state index in [4.69, 9.17) is 4.74 Å². The van der Waals surface area contributed by atoms with E-state index in [1.54, 1.807) is 19.4 Å². The molecule has 0 aliphatic rings. The normalized spacial score (nSPS) is 10.4. The van der Waals surface area contributed by atoms with Gasteiger partial charge in [-0.1, -0.05) is 24.3 Å². The molecule has 1 heterocycles. The van der Waals surface area contributed by atoms with Crippen molar-refractivity contribution < 1.29 is 9.53 Å². The third kappa shape index (κ3) is 4.67. The Balaban J connectivity index is 1.45. The number of carbonyl (C=O) groups is 1. The van der Waals surface area contributed by atoms with Gasteiger partial charge in [0.1, 0.15) is 5.75 Å². The summed E-state index contributed by atoms with van der Waals surface area (Å²) >= 11 is 0. The van der Waals surface area contributed by atoms with E-state index in [2.05, 4.69) is 15.7 Å². The molecule has 2 N–H and O–H groups in total. The molecule has 0 aliphatic heterocycles. The lowest BCUT2D eigenvalue weighted by Crippen LogP contribution is -2.14. The van der Waals surface area contributed by atoms with Gasteiger partial charge >= 0.3 is 0 Å². The molecule has 3 aromatic carbocycles. The quantitative estimate of drug-likeness (QED) is 0.463. The molecule has 1 aromatic heterocycles. The number of amides is 1. The molecule has 4 rings (SSSR count). The minimum absolute atomic E-state index is 0.175. The molecule has 150 valence electrons. The van der Waals surface area contributed by atoms with E-state index < -0.39 is 0 Å². The van der Waals surface area contributed by atoms with E-state index >= 15 is 0 Å². The second-order valence-electron chi connectivity index (χ2n) is 6.75. The number of nitrogens with zero attached hydrogens (tertiary/aromatic N) is 2. The maximum Gasteiger partial charge on any atom is 0.257 e. The predicted octanol–water partition coefficient (Wildman–Crippen LogP) is 4.94. The monoisotopic (exact) mass is 398 g/mol. The number of benzene rings is 3. The number of anilines is 3. The van der Waals surface area contributed by atoms with Crippen molar-refractivity contribution in [3.63, 3.8) is 0 Å². The maximum atomic E-state index is 12.9. The number of ether oxygens (including phenoxy) is 1. The van der Waals surface area contributed by atoms with E-state index in [9.17, 15) is 4.79 Å². The minimum atomic E-state index is -0.175. The van der Waals surface area contributed by atoms with Crippen LogP contribution >= 0.6 is 0 Å². The number of aromatic nitrogens is 2. The standard InChI is InChI=1S/C24H22N4O2/c1-30-21-13-11-19(12-14-21)26-23-6-3-2-5-22(23)24(29)27-20-9-7-18(8-10-20)17-28-16-4-15-25-28/h2-16,26H,17H2,1H3,(H,27,29). The van der Waals surface area contributed by atoms with Crippen molar-refractivity contribution in [2.45, 2.75) is 6.54 Å². The van der Waals surface area contributed by atoms with E-state index in [-0.39, 0.29) is 5.91 Å². The highest BCUT2D eigenvalue weighted by molar-refractivity contribution is 6.08. The average Bonchev–Trinajstić information content (AvgIpc) is 3.29. The van der Waals surface area contributed by atoms with Gasteiger partial charge in [-0.2, -0.15) is 5.10 Å². The molecule has 1 amide bonds. The molecule has 4 aromatic rings. The zero-order chi connectivity index (χ0) is 20.8. The number of hydrogen-bond acceptors (Lipinski definition) is 4. The molecule has 0 saturated carbocycles. The summed E-state index contributed by atoms with van der Waals surface area (Å²) in [5, 5.41) is 10.5. The summed E-state index contributed by atoms with van der Waals surface area (Å²) in [6, 6.07) is 24.6. The highest BCUT2D eigenvalue weighted by Gasteiger charge is 2.12. The average molecular weight is 398 g/mol. The number of nitrogens with one attached hydrogen (secondary N) is 2. The Kier molecular flexibility index (Phi) is 5.75. The Labute approximate surface area is 175 Å². The van der Waals surface area contributed by atoms with Gasteiger partial charge in [0.2, 0.25) is 0 Å². The van der Waals surface area contributed by atoms with Crippen LogP contribution in [-0.2, 0) is 6.54 Å². The first-order chi connectivity index (χ1) is 14.7. The Hall–Kier alpha value is -4.06. The van der Waals surface area contributed by atoms with Gasteiger partial charge in [-0.3, -0.25) is 9.48 Å². The van der Waals surface area contributed by atoms with Crippen molar-refractivity contribution in [3.05, 3.63) is 102 Å². The molecule has 0 radical (unpaired) electrons. The summed E-state index contributed by atoms with van der Waals surface area (Å²) in [5.74, 6) is 0.606. The van der Waals surface area contributed by atoms with Crippen LogP contribution < -0.4 is 15.4 Å². The molecule has 0 bridgehead atoms. The van der Waals surface area contributed by atoms with E-state index in [1.165, 1.54) is 0 Å². The SMILES string of the molecule is COc1ccc(Nc2ccccc2C(=O)Nc2ccc(Cn3cccn3)cc2)cc1. The van der Waals surface area contributed by atoms with Crippen LogP contribution in [0, 0.1) is 0 Å². The largest absolute Gasteiger partial charge is 0.497 e. The Morgan fingerprint density at radius 2 is 1.67 bits per heavy atom. The van der Waals surface area contributed by atoms with Crippen LogP contribution in [0.3, 0.4) is 0 Å². The van der Waals surface area contributed by atoms with Crippen LogP contribution in [0.1, 0.15) is 15.9 Å². The Morgan fingerprint density at radius 1 is 0.933 bits per heavy atom. The third-order valence-electron chi connectivity index (χ3n) is 4.66. The van der Waals surface area contributed by atoms with Crippen LogP contribution in [0.2, 0.25) is 0 Å². The van der Waals surface area contributed by atoms with Crippen molar-refractivity contribution in [2.75, 3.05) is 17.7 Å². The molecule has 0 spiro atoms. The molecule has 0 saturated heterocycles. The van der Waals surface area contributed by atoms with Crippen LogP contribution in [-0.4, -0.2) is 22.8 Å². The van der Waals surface area contributed by atoms with Gasteiger partial charge in [-0.25, -0.2) is 0 Å². The lowest BCUT2D eigenvalue weighted by atomic mass is 10.1. The van der Waals surface area contributed by atoms with Gasteiger partial charge in [-0.15, -0.1) is 0 Å². The molecular formula is C24H22N4O2. The first-order valence-corrected chi connectivity index (χ1v) is 9.59. The fraction of sp³-hybridized carbons (Fsp3) is 0.0833. The number of hydrogen-bond donors (Lipinski definition) is 2. The first kappa shape index (κ1) is 19.3. The Morgan fingerprint density at radius 3 is 2.37 bits per heavy atom. The highest BCUT2D eigenvalue weighted by Crippen LogP contribution is 2.24. The molecule has 6 heteroatoms. The molecule has 0 unspecified atom stereocenters. The summed E-state index contributed by atoms with van der Waals surface area (Å²) in [7, 11) is 1.63. The lowest BCUT2D eigenvalue weighted by molar-refractivity contribution is 0.102. The predicted molar refractivity (Wildman–Crippen MR) is 118 cm³/mol. The summed E-state index contributed by atoms with van der Waals surface area (Å²) < 4.78 is 7.04. The molecule has 0 fully saturated rings. The van der Waals surface area contributed by atoms with Gasteiger partial charge in [0.25, 0.3) is 5.91 Å². The lowest BCUT2D eigenvalue weighted by Gasteiger charge is -2.13. The van der Waals surface area contributed by atoms with Crippen LogP contribution in [0.4, 0.5) is 17.1 Å². The van der Waals surface area contributed by atoms with Crippen molar-refractivity contribution in [2.24, 2.45) is 0 Å². The van der Waals surface area contributed by atoms with Crippen molar-refractivity contribution >= 4 is 23.0 Å². The summed E-state index contributed by atoms with van der Waals surface area (Å²) in [4.78, 5) is 12.9. The van der Waals surface area contributed by atoms with Crippen LogP contribution in [0.15, 0.2) is 91.3 Å². The second kappa shape index (κ2) is 8.96. The van der Waals surface area contributed by atoms with E-state index in [0.29, 0.717) is 12.1 Å². The van der Waals surface area contributed by atoms with Gasteiger partial charge in [0, 0.05) is 23.8 Å². The molecule has 6 nitrogen and oxygen atoms in total. The van der Waals surface area contributed by atoms with Gasteiger partial charge < -0.3 is 15.4 Å². The summed E-state index contributed by atoms with van der Waals surface area (Å²) in [6.07, 6.45) is 3.68. The fourth-order valence-corrected chi connectivity index (χ4v) is 3.09. The number of methoxy groups -OCH3 is 1. The molecule has 0 atom stereocenters. The smallest absolute Gasteiger partial charge is 0.257 e. The Bertz CT molecular complexity index is 1100.